The van der Waals surface area contributed by atoms with Crippen LogP contribution in [0, 0.1) is 18.2 Å². The highest BCUT2D eigenvalue weighted by molar-refractivity contribution is 9.09. The van der Waals surface area contributed by atoms with E-state index < -0.39 is 0 Å². The van der Waals surface area contributed by atoms with Crippen molar-refractivity contribution in [3.8, 4) is 0 Å². The Labute approximate surface area is 110 Å². The Kier molecular flexibility index (Phi) is 4.21. The molecule has 0 spiro atoms. The van der Waals surface area contributed by atoms with Crippen LogP contribution in [0.25, 0.3) is 0 Å². The maximum atomic E-state index is 13.3. The molecule has 1 aromatic rings. The van der Waals surface area contributed by atoms with Gasteiger partial charge >= 0.3 is 0 Å². The van der Waals surface area contributed by atoms with Gasteiger partial charge in [0.2, 0.25) is 0 Å². The lowest BCUT2D eigenvalue weighted by molar-refractivity contribution is 0.00605. The number of hydrogen-bond donors (Lipinski definition) is 0. The SMILES string of the molecule is Cc1ccc(F)cc1CC1(CBr)CCCOC1. The predicted molar refractivity (Wildman–Crippen MR) is 71.1 cm³/mol. The number of aryl methyl sites for hydroxylation is 1. The number of benzene rings is 1. The molecule has 1 heterocycles. The molecule has 1 aliphatic heterocycles. The molecule has 1 unspecified atom stereocenters. The number of rotatable bonds is 3. The first-order valence-corrected chi connectivity index (χ1v) is 7.16. The van der Waals surface area contributed by atoms with Crippen molar-refractivity contribution >= 4 is 15.9 Å². The van der Waals surface area contributed by atoms with E-state index in [1.54, 1.807) is 6.07 Å². The monoisotopic (exact) mass is 300 g/mol. The molecule has 1 aromatic carbocycles. The third-order valence-corrected chi connectivity index (χ3v) is 4.75. The lowest BCUT2D eigenvalue weighted by atomic mass is 9.78. The zero-order valence-corrected chi connectivity index (χ0v) is 11.7. The van der Waals surface area contributed by atoms with E-state index in [9.17, 15) is 4.39 Å². The molecule has 17 heavy (non-hydrogen) atoms. The minimum Gasteiger partial charge on any atom is -0.381 e. The molecular formula is C14H18BrFO. The Morgan fingerprint density at radius 3 is 2.94 bits per heavy atom. The molecule has 94 valence electrons. The van der Waals surface area contributed by atoms with Crippen molar-refractivity contribution in [1.29, 1.82) is 0 Å². The maximum absolute atomic E-state index is 13.3. The maximum Gasteiger partial charge on any atom is 0.123 e. The lowest BCUT2D eigenvalue weighted by Gasteiger charge is -2.36. The molecular weight excluding hydrogens is 283 g/mol. The summed E-state index contributed by atoms with van der Waals surface area (Å²) in [5.74, 6) is -0.146. The summed E-state index contributed by atoms with van der Waals surface area (Å²) in [6.07, 6.45) is 3.13. The van der Waals surface area contributed by atoms with Crippen molar-refractivity contribution in [2.75, 3.05) is 18.5 Å². The van der Waals surface area contributed by atoms with Gasteiger partial charge in [0, 0.05) is 17.4 Å². The normalized spacial score (nSPS) is 24.9. The Bertz CT molecular complexity index is 386. The fourth-order valence-electron chi connectivity index (χ4n) is 2.44. The van der Waals surface area contributed by atoms with E-state index in [1.165, 1.54) is 6.07 Å². The fraction of sp³-hybridized carbons (Fsp3) is 0.571. The summed E-state index contributed by atoms with van der Waals surface area (Å²) in [6, 6.07) is 5.04. The molecule has 1 atom stereocenters. The van der Waals surface area contributed by atoms with Crippen LogP contribution in [-0.2, 0) is 11.2 Å². The largest absolute Gasteiger partial charge is 0.381 e. The topological polar surface area (TPSA) is 9.23 Å². The molecule has 1 saturated heterocycles. The van der Waals surface area contributed by atoms with Crippen molar-refractivity contribution in [2.45, 2.75) is 26.2 Å². The molecule has 3 heteroatoms. The summed E-state index contributed by atoms with van der Waals surface area (Å²) in [5, 5.41) is 0.913. The van der Waals surface area contributed by atoms with E-state index >= 15 is 0 Å². The van der Waals surface area contributed by atoms with Crippen LogP contribution in [0.5, 0.6) is 0 Å². The van der Waals surface area contributed by atoms with Crippen LogP contribution >= 0.6 is 15.9 Å². The van der Waals surface area contributed by atoms with Gasteiger partial charge in [-0.05, 0) is 49.4 Å². The van der Waals surface area contributed by atoms with Gasteiger partial charge in [0.15, 0.2) is 0 Å². The average Bonchev–Trinajstić information content (AvgIpc) is 2.35. The number of halogens is 2. The minimum absolute atomic E-state index is 0.136. The number of ether oxygens (including phenoxy) is 1. The van der Waals surface area contributed by atoms with Gasteiger partial charge in [-0.1, -0.05) is 22.0 Å². The van der Waals surface area contributed by atoms with Gasteiger partial charge in [0.1, 0.15) is 5.82 Å². The standard InChI is InChI=1S/C14H18BrFO/c1-11-3-4-13(16)7-12(11)8-14(9-15)5-2-6-17-10-14/h3-4,7H,2,5-6,8-10H2,1H3. The molecule has 0 saturated carbocycles. The van der Waals surface area contributed by atoms with Gasteiger partial charge < -0.3 is 4.74 Å². The van der Waals surface area contributed by atoms with Crippen LogP contribution < -0.4 is 0 Å². The van der Waals surface area contributed by atoms with E-state index in [0.717, 1.165) is 48.9 Å². The smallest absolute Gasteiger partial charge is 0.123 e. The molecule has 0 aliphatic carbocycles. The van der Waals surface area contributed by atoms with Crippen molar-refractivity contribution in [3.05, 3.63) is 35.1 Å². The second kappa shape index (κ2) is 5.49. The lowest BCUT2D eigenvalue weighted by Crippen LogP contribution is -2.35. The van der Waals surface area contributed by atoms with Crippen LogP contribution in [0.1, 0.15) is 24.0 Å². The Balaban J connectivity index is 2.20. The van der Waals surface area contributed by atoms with Crippen molar-refractivity contribution in [1.82, 2.24) is 0 Å². The van der Waals surface area contributed by atoms with Crippen LogP contribution in [-0.4, -0.2) is 18.5 Å². The third-order valence-electron chi connectivity index (χ3n) is 3.56. The quantitative estimate of drug-likeness (QED) is 0.770. The van der Waals surface area contributed by atoms with Gasteiger partial charge in [-0.2, -0.15) is 0 Å². The first-order valence-electron chi connectivity index (χ1n) is 6.04. The van der Waals surface area contributed by atoms with E-state index in [2.05, 4.69) is 15.9 Å². The summed E-state index contributed by atoms with van der Waals surface area (Å²) >= 11 is 3.59. The molecule has 1 nitrogen and oxygen atoms in total. The summed E-state index contributed by atoms with van der Waals surface area (Å²) < 4.78 is 18.9. The van der Waals surface area contributed by atoms with E-state index in [0.29, 0.717) is 0 Å². The van der Waals surface area contributed by atoms with Crippen molar-refractivity contribution in [2.24, 2.45) is 5.41 Å². The zero-order chi connectivity index (χ0) is 12.3. The summed E-state index contributed by atoms with van der Waals surface area (Å²) in [7, 11) is 0. The minimum atomic E-state index is -0.146. The van der Waals surface area contributed by atoms with Crippen LogP contribution in [0.3, 0.4) is 0 Å². The highest BCUT2D eigenvalue weighted by atomic mass is 79.9. The Hall–Kier alpha value is -0.410. The van der Waals surface area contributed by atoms with E-state index in [1.807, 2.05) is 13.0 Å². The summed E-state index contributed by atoms with van der Waals surface area (Å²) in [6.45, 7) is 3.67. The van der Waals surface area contributed by atoms with Crippen LogP contribution in [0.15, 0.2) is 18.2 Å². The van der Waals surface area contributed by atoms with Crippen molar-refractivity contribution < 1.29 is 9.13 Å². The predicted octanol–water partition coefficient (Wildman–Crippen LogP) is 3.87. The Morgan fingerprint density at radius 2 is 2.29 bits per heavy atom. The fourth-order valence-corrected chi connectivity index (χ4v) is 3.08. The number of hydrogen-bond acceptors (Lipinski definition) is 1. The zero-order valence-electron chi connectivity index (χ0n) is 10.1. The third kappa shape index (κ3) is 3.08. The summed E-state index contributed by atoms with van der Waals surface area (Å²) in [4.78, 5) is 0. The number of alkyl halides is 1. The van der Waals surface area contributed by atoms with E-state index in [4.69, 9.17) is 4.74 Å². The molecule has 0 bridgehead atoms. The van der Waals surface area contributed by atoms with Gasteiger partial charge in [0.25, 0.3) is 0 Å². The molecule has 2 rings (SSSR count). The highest BCUT2D eigenvalue weighted by Crippen LogP contribution is 2.35. The van der Waals surface area contributed by atoms with Crippen LogP contribution in [0.4, 0.5) is 4.39 Å². The molecule has 0 amide bonds. The highest BCUT2D eigenvalue weighted by Gasteiger charge is 2.32. The Morgan fingerprint density at radius 1 is 1.47 bits per heavy atom. The van der Waals surface area contributed by atoms with E-state index in [-0.39, 0.29) is 11.2 Å². The summed E-state index contributed by atoms with van der Waals surface area (Å²) in [5.41, 5.74) is 2.41. The molecule has 0 N–H and O–H groups in total. The van der Waals surface area contributed by atoms with Gasteiger partial charge in [-0.25, -0.2) is 4.39 Å². The van der Waals surface area contributed by atoms with Crippen molar-refractivity contribution in [3.63, 3.8) is 0 Å². The molecule has 1 fully saturated rings. The first kappa shape index (κ1) is 13.0. The van der Waals surface area contributed by atoms with Gasteiger partial charge in [-0.15, -0.1) is 0 Å². The second-order valence-corrected chi connectivity index (χ2v) is 5.60. The molecule has 0 aromatic heterocycles. The van der Waals surface area contributed by atoms with Gasteiger partial charge in [-0.3, -0.25) is 0 Å². The van der Waals surface area contributed by atoms with Crippen LogP contribution in [0.2, 0.25) is 0 Å². The average molecular weight is 301 g/mol. The molecule has 0 radical (unpaired) electrons. The second-order valence-electron chi connectivity index (χ2n) is 5.04. The first-order chi connectivity index (χ1) is 8.15. The molecule has 1 aliphatic rings. The van der Waals surface area contributed by atoms with Gasteiger partial charge in [0.05, 0.1) is 6.61 Å².